The van der Waals surface area contributed by atoms with E-state index in [9.17, 15) is 0 Å². The summed E-state index contributed by atoms with van der Waals surface area (Å²) in [5, 5.41) is 8.70. The smallest absolute Gasteiger partial charge is 0.0991 e. The predicted molar refractivity (Wildman–Crippen MR) is 61.4 cm³/mol. The van der Waals surface area contributed by atoms with Gasteiger partial charge in [-0.15, -0.1) is 0 Å². The van der Waals surface area contributed by atoms with Crippen molar-refractivity contribution < 1.29 is 0 Å². The second-order valence-electron chi connectivity index (χ2n) is 3.88. The molecule has 0 bridgehead atoms. The van der Waals surface area contributed by atoms with Gasteiger partial charge in [0.1, 0.15) is 0 Å². The van der Waals surface area contributed by atoms with Gasteiger partial charge >= 0.3 is 0 Å². The topological polar surface area (TPSA) is 23.8 Å². The Hall–Kier alpha value is -1.81. The molecule has 15 heavy (non-hydrogen) atoms. The van der Waals surface area contributed by atoms with Crippen molar-refractivity contribution >= 4 is 0 Å². The number of hydrogen-bond acceptors (Lipinski definition) is 1. The number of benzene rings is 1. The standard InChI is InChI=1S/C14H13N/c1-11-2-6-13(7-3-11)14-8-4-12(10-15)5-9-14/h2-6,8-9,13H,7H2,1H3. The first kappa shape index (κ1) is 9.73. The van der Waals surface area contributed by atoms with E-state index in [2.05, 4.69) is 31.2 Å². The maximum Gasteiger partial charge on any atom is 0.0991 e. The monoisotopic (exact) mass is 195 g/mol. The normalized spacial score (nSPS) is 19.5. The largest absolute Gasteiger partial charge is 0.192 e. The summed E-state index contributed by atoms with van der Waals surface area (Å²) < 4.78 is 0. The Balaban J connectivity index is 2.18. The second kappa shape index (κ2) is 4.14. The van der Waals surface area contributed by atoms with Crippen molar-refractivity contribution in [2.45, 2.75) is 19.3 Å². The molecule has 1 aromatic carbocycles. The molecule has 1 nitrogen and oxygen atoms in total. The molecule has 1 aliphatic rings. The quantitative estimate of drug-likeness (QED) is 0.672. The highest BCUT2D eigenvalue weighted by atomic mass is 14.2. The number of nitriles is 1. The van der Waals surface area contributed by atoms with E-state index in [-0.39, 0.29) is 0 Å². The molecule has 1 heteroatoms. The lowest BCUT2D eigenvalue weighted by Gasteiger charge is -2.15. The van der Waals surface area contributed by atoms with Crippen molar-refractivity contribution in [1.82, 2.24) is 0 Å². The van der Waals surface area contributed by atoms with Crippen LogP contribution in [0.4, 0.5) is 0 Å². The van der Waals surface area contributed by atoms with E-state index >= 15 is 0 Å². The van der Waals surface area contributed by atoms with Crippen molar-refractivity contribution in [3.05, 3.63) is 59.2 Å². The molecule has 0 saturated carbocycles. The summed E-state index contributed by atoms with van der Waals surface area (Å²) in [5.41, 5.74) is 3.35. The second-order valence-corrected chi connectivity index (χ2v) is 3.88. The van der Waals surface area contributed by atoms with Crippen LogP contribution >= 0.6 is 0 Å². The van der Waals surface area contributed by atoms with E-state index in [0.717, 1.165) is 12.0 Å². The fourth-order valence-electron chi connectivity index (χ4n) is 1.78. The summed E-state index contributed by atoms with van der Waals surface area (Å²) >= 11 is 0. The number of hydrogen-bond donors (Lipinski definition) is 0. The number of allylic oxidation sites excluding steroid dienone is 4. The number of nitrogens with zero attached hydrogens (tertiary/aromatic N) is 1. The first-order valence-corrected chi connectivity index (χ1v) is 5.14. The minimum Gasteiger partial charge on any atom is -0.192 e. The summed E-state index contributed by atoms with van der Waals surface area (Å²) in [4.78, 5) is 0. The average Bonchev–Trinajstić information content (AvgIpc) is 2.30. The maximum atomic E-state index is 8.70. The first-order valence-electron chi connectivity index (χ1n) is 5.14. The van der Waals surface area contributed by atoms with Crippen LogP contribution in [0.25, 0.3) is 0 Å². The van der Waals surface area contributed by atoms with Gasteiger partial charge in [-0.2, -0.15) is 5.26 Å². The molecule has 0 amide bonds. The lowest BCUT2D eigenvalue weighted by Crippen LogP contribution is -1.97. The lowest BCUT2D eigenvalue weighted by molar-refractivity contribution is 0.845. The van der Waals surface area contributed by atoms with E-state index in [1.807, 2.05) is 24.3 Å². The van der Waals surface area contributed by atoms with Gasteiger partial charge in [-0.25, -0.2) is 0 Å². The van der Waals surface area contributed by atoms with Crippen LogP contribution in [0.2, 0.25) is 0 Å². The fraction of sp³-hybridized carbons (Fsp3) is 0.214. The Bertz CT molecular complexity index is 443. The van der Waals surface area contributed by atoms with E-state index in [0.29, 0.717) is 5.92 Å². The van der Waals surface area contributed by atoms with E-state index in [4.69, 9.17) is 5.26 Å². The van der Waals surface area contributed by atoms with Crippen LogP contribution in [0.5, 0.6) is 0 Å². The van der Waals surface area contributed by atoms with Gasteiger partial charge in [0.25, 0.3) is 0 Å². The molecule has 0 fully saturated rings. The van der Waals surface area contributed by atoms with Crippen molar-refractivity contribution in [3.63, 3.8) is 0 Å². The molecular formula is C14H13N. The van der Waals surface area contributed by atoms with Crippen molar-refractivity contribution in [3.8, 4) is 6.07 Å². The summed E-state index contributed by atoms with van der Waals surface area (Å²) in [6.07, 6.45) is 7.71. The molecule has 74 valence electrons. The van der Waals surface area contributed by atoms with Gasteiger partial charge in [0.05, 0.1) is 11.6 Å². The molecule has 0 N–H and O–H groups in total. The van der Waals surface area contributed by atoms with Gasteiger partial charge in [0.15, 0.2) is 0 Å². The molecule has 0 radical (unpaired) electrons. The van der Waals surface area contributed by atoms with Crippen molar-refractivity contribution in [2.24, 2.45) is 0 Å². The maximum absolute atomic E-state index is 8.70. The predicted octanol–water partition coefficient (Wildman–Crippen LogP) is 3.55. The van der Waals surface area contributed by atoms with Gasteiger partial charge in [0.2, 0.25) is 0 Å². The molecule has 1 aromatic rings. The Morgan fingerprint density at radius 2 is 2.00 bits per heavy atom. The van der Waals surface area contributed by atoms with Crippen molar-refractivity contribution in [1.29, 1.82) is 5.26 Å². The van der Waals surface area contributed by atoms with E-state index in [1.165, 1.54) is 11.1 Å². The molecule has 1 atom stereocenters. The molecule has 0 saturated heterocycles. The lowest BCUT2D eigenvalue weighted by atomic mass is 9.90. The van der Waals surface area contributed by atoms with Gasteiger partial charge in [-0.3, -0.25) is 0 Å². The SMILES string of the molecule is CC1=CCC(c2ccc(C#N)cc2)C=C1. The summed E-state index contributed by atoms with van der Waals surface area (Å²) in [6.45, 7) is 2.12. The highest BCUT2D eigenvalue weighted by Crippen LogP contribution is 2.26. The van der Waals surface area contributed by atoms with Crippen LogP contribution in [0.15, 0.2) is 48.1 Å². The molecule has 0 spiro atoms. The first-order chi connectivity index (χ1) is 7.29. The fourth-order valence-corrected chi connectivity index (χ4v) is 1.78. The molecule has 0 heterocycles. The summed E-state index contributed by atoms with van der Waals surface area (Å²) in [7, 11) is 0. The molecule has 0 aromatic heterocycles. The van der Waals surface area contributed by atoms with Crippen LogP contribution < -0.4 is 0 Å². The summed E-state index contributed by atoms with van der Waals surface area (Å²) in [5.74, 6) is 0.474. The third kappa shape index (κ3) is 2.16. The third-order valence-corrected chi connectivity index (χ3v) is 2.75. The van der Waals surface area contributed by atoms with Crippen molar-refractivity contribution in [2.75, 3.05) is 0 Å². The highest BCUT2D eigenvalue weighted by molar-refractivity contribution is 5.37. The molecule has 1 unspecified atom stereocenters. The van der Waals surface area contributed by atoms with Crippen LogP contribution in [-0.4, -0.2) is 0 Å². The van der Waals surface area contributed by atoms with Gasteiger partial charge in [0, 0.05) is 5.92 Å². The zero-order chi connectivity index (χ0) is 10.7. The van der Waals surface area contributed by atoms with E-state index in [1.54, 1.807) is 0 Å². The Kier molecular flexibility index (Phi) is 2.69. The highest BCUT2D eigenvalue weighted by Gasteiger charge is 2.09. The Morgan fingerprint density at radius 1 is 1.27 bits per heavy atom. The average molecular weight is 195 g/mol. The molecule has 1 aliphatic carbocycles. The van der Waals surface area contributed by atoms with Crippen LogP contribution in [-0.2, 0) is 0 Å². The van der Waals surface area contributed by atoms with Gasteiger partial charge in [-0.1, -0.05) is 35.9 Å². The van der Waals surface area contributed by atoms with E-state index < -0.39 is 0 Å². The molecular weight excluding hydrogens is 182 g/mol. The number of rotatable bonds is 1. The van der Waals surface area contributed by atoms with Gasteiger partial charge < -0.3 is 0 Å². The molecule has 0 aliphatic heterocycles. The minimum atomic E-state index is 0.474. The van der Waals surface area contributed by atoms with Crippen LogP contribution in [0.1, 0.15) is 30.4 Å². The minimum absolute atomic E-state index is 0.474. The van der Waals surface area contributed by atoms with Gasteiger partial charge in [-0.05, 0) is 31.0 Å². The Morgan fingerprint density at radius 3 is 2.53 bits per heavy atom. The zero-order valence-electron chi connectivity index (χ0n) is 8.77. The Labute approximate surface area is 90.4 Å². The van der Waals surface area contributed by atoms with Crippen LogP contribution in [0.3, 0.4) is 0 Å². The third-order valence-electron chi connectivity index (χ3n) is 2.75. The van der Waals surface area contributed by atoms with Crippen LogP contribution in [0, 0.1) is 11.3 Å². The zero-order valence-corrected chi connectivity index (χ0v) is 8.77. The summed E-state index contributed by atoms with van der Waals surface area (Å²) in [6, 6.07) is 9.99. The molecule has 2 rings (SSSR count).